The largest absolute Gasteiger partial charge is 0.386 e. The number of hydrogen-bond acceptors (Lipinski definition) is 1. The van der Waals surface area contributed by atoms with E-state index in [1.807, 2.05) is 0 Å². The van der Waals surface area contributed by atoms with Gasteiger partial charge in [-0.05, 0) is 38.0 Å². The second-order valence-corrected chi connectivity index (χ2v) is 4.62. The van der Waals surface area contributed by atoms with E-state index in [-0.39, 0.29) is 0 Å². The molecule has 0 radical (unpaired) electrons. The third kappa shape index (κ3) is 1.96. The molecule has 0 spiro atoms. The van der Waals surface area contributed by atoms with Crippen molar-refractivity contribution in [2.45, 2.75) is 57.0 Å². The quantitative estimate of drug-likeness (QED) is 0.568. The highest BCUT2D eigenvalue weighted by atomic mass is 16.3. The van der Waals surface area contributed by atoms with Gasteiger partial charge in [0.1, 0.15) is 0 Å². The van der Waals surface area contributed by atoms with Gasteiger partial charge in [0.15, 0.2) is 0 Å². The first kappa shape index (κ1) is 9.26. The molecule has 0 amide bonds. The summed E-state index contributed by atoms with van der Waals surface area (Å²) in [5.74, 6) is 0.550. The SMILES string of the molecule is OC12C=CCCCC1CCCCC2. The van der Waals surface area contributed by atoms with Gasteiger partial charge in [-0.15, -0.1) is 0 Å². The Morgan fingerprint density at radius 3 is 2.85 bits per heavy atom. The van der Waals surface area contributed by atoms with Gasteiger partial charge in [-0.25, -0.2) is 0 Å². The highest BCUT2D eigenvalue weighted by Gasteiger charge is 2.35. The second-order valence-electron chi connectivity index (χ2n) is 4.62. The van der Waals surface area contributed by atoms with E-state index < -0.39 is 5.60 Å². The molecule has 1 fully saturated rings. The van der Waals surface area contributed by atoms with Gasteiger partial charge in [0.25, 0.3) is 0 Å². The smallest absolute Gasteiger partial charge is 0.0855 e. The average Bonchev–Trinajstić information content (AvgIpc) is 2.37. The van der Waals surface area contributed by atoms with Crippen molar-refractivity contribution in [3.8, 4) is 0 Å². The van der Waals surface area contributed by atoms with Gasteiger partial charge in [0.05, 0.1) is 5.60 Å². The first-order valence-electron chi connectivity index (χ1n) is 5.71. The summed E-state index contributed by atoms with van der Waals surface area (Å²) in [5, 5.41) is 10.5. The molecule has 0 aromatic rings. The molecule has 1 N–H and O–H groups in total. The fourth-order valence-corrected chi connectivity index (χ4v) is 2.81. The van der Waals surface area contributed by atoms with Crippen molar-refractivity contribution in [1.82, 2.24) is 0 Å². The second kappa shape index (κ2) is 3.83. The maximum absolute atomic E-state index is 10.5. The van der Waals surface area contributed by atoms with Crippen molar-refractivity contribution in [3.05, 3.63) is 12.2 Å². The molecule has 0 heterocycles. The van der Waals surface area contributed by atoms with Gasteiger partial charge in [-0.2, -0.15) is 0 Å². The predicted molar refractivity (Wildman–Crippen MR) is 54.5 cm³/mol. The van der Waals surface area contributed by atoms with Crippen molar-refractivity contribution in [2.24, 2.45) is 5.92 Å². The van der Waals surface area contributed by atoms with Crippen LogP contribution in [0.25, 0.3) is 0 Å². The molecule has 0 bridgehead atoms. The summed E-state index contributed by atoms with van der Waals surface area (Å²) in [7, 11) is 0. The van der Waals surface area contributed by atoms with Crippen LogP contribution >= 0.6 is 0 Å². The molecule has 2 unspecified atom stereocenters. The Balaban J connectivity index is 2.16. The van der Waals surface area contributed by atoms with E-state index >= 15 is 0 Å². The number of aliphatic hydroxyl groups is 1. The molecule has 0 aromatic carbocycles. The molecule has 2 atom stereocenters. The van der Waals surface area contributed by atoms with E-state index in [9.17, 15) is 5.11 Å². The van der Waals surface area contributed by atoms with Crippen molar-refractivity contribution >= 4 is 0 Å². The van der Waals surface area contributed by atoms with Crippen LogP contribution in [0.2, 0.25) is 0 Å². The molecule has 0 aliphatic heterocycles. The molecule has 1 saturated carbocycles. The van der Waals surface area contributed by atoms with Gasteiger partial charge < -0.3 is 5.11 Å². The normalized spacial score (nSPS) is 40.5. The van der Waals surface area contributed by atoms with E-state index in [0.29, 0.717) is 5.92 Å². The van der Waals surface area contributed by atoms with Crippen LogP contribution in [0.5, 0.6) is 0 Å². The molecular formula is C12H20O. The lowest BCUT2D eigenvalue weighted by atomic mass is 9.81. The third-order valence-electron chi connectivity index (χ3n) is 3.67. The molecule has 0 saturated heterocycles. The lowest BCUT2D eigenvalue weighted by molar-refractivity contribution is 0.0193. The van der Waals surface area contributed by atoms with Gasteiger partial charge in [-0.1, -0.05) is 31.4 Å². The van der Waals surface area contributed by atoms with E-state index in [1.54, 1.807) is 0 Å². The van der Waals surface area contributed by atoms with E-state index in [2.05, 4.69) is 12.2 Å². The van der Waals surface area contributed by atoms with Crippen LogP contribution in [0.3, 0.4) is 0 Å². The first-order valence-corrected chi connectivity index (χ1v) is 5.71. The maximum Gasteiger partial charge on any atom is 0.0855 e. The topological polar surface area (TPSA) is 20.2 Å². The standard InChI is InChI=1S/C12H20O/c13-12-9-5-1-3-7-11(12)8-4-2-6-10-12/h5,9,11,13H,1-4,6-8,10H2. The summed E-state index contributed by atoms with van der Waals surface area (Å²) in [5.41, 5.74) is -0.437. The van der Waals surface area contributed by atoms with Crippen LogP contribution in [-0.2, 0) is 0 Å². The Kier molecular flexibility index (Phi) is 2.73. The minimum absolute atomic E-state index is 0.437. The Bertz CT molecular complexity index is 197. The van der Waals surface area contributed by atoms with Crippen LogP contribution in [0.1, 0.15) is 51.4 Å². The van der Waals surface area contributed by atoms with E-state index in [0.717, 1.165) is 6.42 Å². The van der Waals surface area contributed by atoms with Gasteiger partial charge in [0.2, 0.25) is 0 Å². The summed E-state index contributed by atoms with van der Waals surface area (Å²) in [6, 6.07) is 0. The van der Waals surface area contributed by atoms with Crippen molar-refractivity contribution < 1.29 is 5.11 Å². The highest BCUT2D eigenvalue weighted by molar-refractivity contribution is 5.07. The van der Waals surface area contributed by atoms with Gasteiger partial charge in [-0.3, -0.25) is 0 Å². The molecule has 0 aromatic heterocycles. The Hall–Kier alpha value is -0.300. The maximum atomic E-state index is 10.5. The van der Waals surface area contributed by atoms with Gasteiger partial charge >= 0.3 is 0 Å². The lowest BCUT2D eigenvalue weighted by Gasteiger charge is -2.31. The number of rotatable bonds is 0. The zero-order valence-electron chi connectivity index (χ0n) is 8.34. The van der Waals surface area contributed by atoms with Crippen LogP contribution < -0.4 is 0 Å². The monoisotopic (exact) mass is 180 g/mol. The van der Waals surface area contributed by atoms with Crippen LogP contribution in [0, 0.1) is 5.92 Å². The van der Waals surface area contributed by atoms with Crippen LogP contribution in [0.4, 0.5) is 0 Å². The van der Waals surface area contributed by atoms with Crippen LogP contribution in [0.15, 0.2) is 12.2 Å². The Morgan fingerprint density at radius 2 is 1.92 bits per heavy atom. The first-order chi connectivity index (χ1) is 6.31. The predicted octanol–water partition coefficient (Wildman–Crippen LogP) is 3.04. The molecule has 2 aliphatic rings. The minimum atomic E-state index is -0.437. The van der Waals surface area contributed by atoms with E-state index in [1.165, 1.54) is 44.9 Å². The fourth-order valence-electron chi connectivity index (χ4n) is 2.81. The van der Waals surface area contributed by atoms with Gasteiger partial charge in [0, 0.05) is 0 Å². The molecule has 74 valence electrons. The van der Waals surface area contributed by atoms with Crippen molar-refractivity contribution in [2.75, 3.05) is 0 Å². The Morgan fingerprint density at radius 1 is 1.08 bits per heavy atom. The summed E-state index contributed by atoms with van der Waals surface area (Å²) in [6.45, 7) is 0. The lowest BCUT2D eigenvalue weighted by Crippen LogP contribution is -2.34. The molecule has 13 heavy (non-hydrogen) atoms. The zero-order chi connectivity index (χ0) is 9.15. The molecule has 1 nitrogen and oxygen atoms in total. The molecular weight excluding hydrogens is 160 g/mol. The Labute approximate surface area is 80.8 Å². The number of allylic oxidation sites excluding steroid dienone is 1. The summed E-state index contributed by atoms with van der Waals surface area (Å²) < 4.78 is 0. The zero-order valence-corrected chi connectivity index (χ0v) is 8.34. The number of hydrogen-bond donors (Lipinski definition) is 1. The van der Waals surface area contributed by atoms with Crippen molar-refractivity contribution in [1.29, 1.82) is 0 Å². The molecule has 2 aliphatic carbocycles. The summed E-state index contributed by atoms with van der Waals surface area (Å²) >= 11 is 0. The average molecular weight is 180 g/mol. The van der Waals surface area contributed by atoms with Crippen molar-refractivity contribution in [3.63, 3.8) is 0 Å². The highest BCUT2D eigenvalue weighted by Crippen LogP contribution is 2.38. The molecule has 1 heteroatoms. The number of fused-ring (bicyclic) bond motifs is 1. The minimum Gasteiger partial charge on any atom is -0.386 e. The van der Waals surface area contributed by atoms with Crippen LogP contribution in [-0.4, -0.2) is 10.7 Å². The molecule has 2 rings (SSSR count). The summed E-state index contributed by atoms with van der Waals surface area (Å²) in [6.07, 6.45) is 14.0. The third-order valence-corrected chi connectivity index (χ3v) is 3.67. The fraction of sp³-hybridized carbons (Fsp3) is 0.833. The summed E-state index contributed by atoms with van der Waals surface area (Å²) in [4.78, 5) is 0. The van der Waals surface area contributed by atoms with E-state index in [4.69, 9.17) is 0 Å².